The number of benzene rings is 2. The number of sulfonamides is 1. The zero-order chi connectivity index (χ0) is 17.2. The summed E-state index contributed by atoms with van der Waals surface area (Å²) in [7, 11) is -0.733. The molecule has 2 aromatic carbocycles. The molecule has 23 heavy (non-hydrogen) atoms. The first-order valence-corrected chi connectivity index (χ1v) is 8.70. The van der Waals surface area contributed by atoms with Crippen molar-refractivity contribution >= 4 is 15.7 Å². The van der Waals surface area contributed by atoms with Gasteiger partial charge in [-0.25, -0.2) is 8.42 Å². The van der Waals surface area contributed by atoms with Crippen LogP contribution >= 0.6 is 0 Å². The molecule has 0 fully saturated rings. The van der Waals surface area contributed by atoms with Crippen LogP contribution in [-0.4, -0.2) is 26.9 Å². The van der Waals surface area contributed by atoms with E-state index in [0.29, 0.717) is 11.4 Å². The number of ether oxygens (including phenoxy) is 1. The Morgan fingerprint density at radius 3 is 2.35 bits per heavy atom. The number of hydrogen-bond donors (Lipinski definition) is 1. The van der Waals surface area contributed by atoms with Crippen molar-refractivity contribution in [3.63, 3.8) is 0 Å². The third-order valence-electron chi connectivity index (χ3n) is 4.04. The van der Waals surface area contributed by atoms with Gasteiger partial charge in [0.2, 0.25) is 10.0 Å². The maximum atomic E-state index is 13.0. The van der Waals surface area contributed by atoms with Crippen molar-refractivity contribution in [3.05, 3.63) is 53.6 Å². The lowest BCUT2D eigenvalue weighted by atomic mass is 10.1. The van der Waals surface area contributed by atoms with Gasteiger partial charge in [0.05, 0.1) is 7.11 Å². The SMILES string of the molecule is COc1cc(C)c(N)cc1S(=O)(=O)N(C)[C@H](C)c1ccccc1. The van der Waals surface area contributed by atoms with E-state index in [4.69, 9.17) is 10.5 Å². The molecule has 0 saturated heterocycles. The molecule has 0 radical (unpaired) electrons. The third-order valence-corrected chi connectivity index (χ3v) is 5.99. The van der Waals surface area contributed by atoms with Crippen LogP contribution < -0.4 is 10.5 Å². The van der Waals surface area contributed by atoms with Crippen LogP contribution in [0, 0.1) is 6.92 Å². The van der Waals surface area contributed by atoms with Gasteiger partial charge in [0.1, 0.15) is 10.6 Å². The standard InChI is InChI=1S/C17H22N2O3S/c1-12-10-16(22-4)17(11-15(12)18)23(20,21)19(3)13(2)14-8-6-5-7-9-14/h5-11,13H,18H2,1-4H3/t13-/m1/s1. The minimum Gasteiger partial charge on any atom is -0.495 e. The largest absolute Gasteiger partial charge is 0.495 e. The van der Waals surface area contributed by atoms with E-state index in [9.17, 15) is 8.42 Å². The Labute approximate surface area is 137 Å². The molecule has 0 bridgehead atoms. The fraction of sp³-hybridized carbons (Fsp3) is 0.294. The van der Waals surface area contributed by atoms with Crippen LogP contribution in [0.15, 0.2) is 47.4 Å². The molecular weight excluding hydrogens is 312 g/mol. The quantitative estimate of drug-likeness (QED) is 0.853. The average Bonchev–Trinajstić information content (AvgIpc) is 2.56. The zero-order valence-corrected chi connectivity index (χ0v) is 14.6. The molecular formula is C17H22N2O3S. The minimum atomic E-state index is -3.74. The van der Waals surface area contributed by atoms with Gasteiger partial charge >= 0.3 is 0 Å². The first kappa shape index (κ1) is 17.3. The van der Waals surface area contributed by atoms with E-state index in [1.165, 1.54) is 17.5 Å². The summed E-state index contributed by atoms with van der Waals surface area (Å²) in [5, 5.41) is 0. The first-order chi connectivity index (χ1) is 10.8. The number of anilines is 1. The Balaban J connectivity index is 2.48. The number of hydrogen-bond acceptors (Lipinski definition) is 4. The molecule has 0 amide bonds. The number of aryl methyl sites for hydroxylation is 1. The van der Waals surface area contributed by atoms with Crippen LogP contribution in [0.1, 0.15) is 24.1 Å². The number of methoxy groups -OCH3 is 1. The highest BCUT2D eigenvalue weighted by Crippen LogP contribution is 2.33. The second kappa shape index (κ2) is 6.60. The van der Waals surface area contributed by atoms with Gasteiger partial charge in [0.15, 0.2) is 0 Å². The summed E-state index contributed by atoms with van der Waals surface area (Å²) in [6, 6.07) is 12.3. The molecule has 2 rings (SSSR count). The molecule has 0 aliphatic rings. The molecule has 5 nitrogen and oxygen atoms in total. The number of rotatable bonds is 5. The van der Waals surface area contributed by atoms with Gasteiger partial charge in [-0.1, -0.05) is 30.3 Å². The summed E-state index contributed by atoms with van der Waals surface area (Å²) >= 11 is 0. The highest BCUT2D eigenvalue weighted by Gasteiger charge is 2.29. The predicted molar refractivity (Wildman–Crippen MR) is 91.9 cm³/mol. The highest BCUT2D eigenvalue weighted by atomic mass is 32.2. The molecule has 1 atom stereocenters. The number of nitrogens with zero attached hydrogens (tertiary/aromatic N) is 1. The smallest absolute Gasteiger partial charge is 0.247 e. The zero-order valence-electron chi connectivity index (χ0n) is 13.8. The van der Waals surface area contributed by atoms with Gasteiger partial charge < -0.3 is 10.5 Å². The van der Waals surface area contributed by atoms with Gasteiger partial charge in [-0.3, -0.25) is 0 Å². The maximum Gasteiger partial charge on any atom is 0.247 e. The van der Waals surface area contributed by atoms with E-state index < -0.39 is 10.0 Å². The molecule has 2 aromatic rings. The van der Waals surface area contributed by atoms with E-state index >= 15 is 0 Å². The van der Waals surface area contributed by atoms with Gasteiger partial charge in [0, 0.05) is 18.8 Å². The molecule has 0 aliphatic heterocycles. The van der Waals surface area contributed by atoms with Crippen LogP contribution in [0.4, 0.5) is 5.69 Å². The lowest BCUT2D eigenvalue weighted by Crippen LogP contribution is -2.30. The lowest BCUT2D eigenvalue weighted by Gasteiger charge is -2.25. The molecule has 0 saturated carbocycles. The van der Waals surface area contributed by atoms with Crippen LogP contribution in [-0.2, 0) is 10.0 Å². The van der Waals surface area contributed by atoms with E-state index in [-0.39, 0.29) is 10.9 Å². The molecule has 0 spiro atoms. The van der Waals surface area contributed by atoms with E-state index in [2.05, 4.69) is 0 Å². The molecule has 0 unspecified atom stereocenters. The van der Waals surface area contributed by atoms with Crippen LogP contribution in [0.5, 0.6) is 5.75 Å². The van der Waals surface area contributed by atoms with Crippen LogP contribution in [0.3, 0.4) is 0 Å². The first-order valence-electron chi connectivity index (χ1n) is 7.26. The van der Waals surface area contributed by atoms with Gasteiger partial charge in [-0.15, -0.1) is 0 Å². The van der Waals surface area contributed by atoms with Crippen molar-refractivity contribution in [1.29, 1.82) is 0 Å². The maximum absolute atomic E-state index is 13.0. The van der Waals surface area contributed by atoms with Crippen molar-refractivity contribution in [1.82, 2.24) is 4.31 Å². The Hall–Kier alpha value is -2.05. The predicted octanol–water partition coefficient (Wildman–Crippen LogP) is 2.97. The Morgan fingerprint density at radius 1 is 1.17 bits per heavy atom. The molecule has 0 aromatic heterocycles. The molecule has 0 aliphatic carbocycles. The van der Waals surface area contributed by atoms with Gasteiger partial charge in [-0.05, 0) is 37.1 Å². The summed E-state index contributed by atoms with van der Waals surface area (Å²) in [6.45, 7) is 3.65. The third kappa shape index (κ3) is 3.33. The van der Waals surface area contributed by atoms with Crippen LogP contribution in [0.25, 0.3) is 0 Å². The summed E-state index contributed by atoms with van der Waals surface area (Å²) in [5.74, 6) is 0.295. The number of nitrogen functional groups attached to an aromatic ring is 1. The van der Waals surface area contributed by atoms with Gasteiger partial charge in [0.25, 0.3) is 0 Å². The van der Waals surface area contributed by atoms with E-state index in [1.54, 1.807) is 13.1 Å². The molecule has 6 heteroatoms. The van der Waals surface area contributed by atoms with Gasteiger partial charge in [-0.2, -0.15) is 4.31 Å². The molecule has 2 N–H and O–H groups in total. The van der Waals surface area contributed by atoms with Crippen molar-refractivity contribution in [2.75, 3.05) is 19.9 Å². The van der Waals surface area contributed by atoms with Crippen LogP contribution in [0.2, 0.25) is 0 Å². The van der Waals surface area contributed by atoms with Crippen molar-refractivity contribution in [2.45, 2.75) is 24.8 Å². The fourth-order valence-electron chi connectivity index (χ4n) is 2.34. The summed E-state index contributed by atoms with van der Waals surface area (Å²) in [6.07, 6.45) is 0. The topological polar surface area (TPSA) is 72.6 Å². The molecule has 124 valence electrons. The normalized spacial score (nSPS) is 13.1. The Bertz CT molecular complexity index is 789. The van der Waals surface area contributed by atoms with E-state index in [1.807, 2.05) is 44.2 Å². The average molecular weight is 334 g/mol. The molecule has 0 heterocycles. The summed E-state index contributed by atoms with van der Waals surface area (Å²) < 4.78 is 32.5. The minimum absolute atomic E-state index is 0.0772. The van der Waals surface area contributed by atoms with Crippen molar-refractivity contribution < 1.29 is 13.2 Å². The van der Waals surface area contributed by atoms with Crippen molar-refractivity contribution in [3.8, 4) is 5.75 Å². The Morgan fingerprint density at radius 2 is 1.78 bits per heavy atom. The second-order valence-electron chi connectivity index (χ2n) is 5.47. The Kier molecular flexibility index (Phi) is 4.97. The summed E-state index contributed by atoms with van der Waals surface area (Å²) in [5.41, 5.74) is 8.00. The summed E-state index contributed by atoms with van der Waals surface area (Å²) in [4.78, 5) is 0.0772. The highest BCUT2D eigenvalue weighted by molar-refractivity contribution is 7.89. The lowest BCUT2D eigenvalue weighted by molar-refractivity contribution is 0.382. The van der Waals surface area contributed by atoms with Crippen molar-refractivity contribution in [2.24, 2.45) is 0 Å². The fourth-order valence-corrected chi connectivity index (χ4v) is 3.86. The monoisotopic (exact) mass is 334 g/mol. The second-order valence-corrected chi connectivity index (χ2v) is 7.43. The van der Waals surface area contributed by atoms with E-state index in [0.717, 1.165) is 11.1 Å². The number of nitrogens with two attached hydrogens (primary N) is 1.